The lowest BCUT2D eigenvalue weighted by Gasteiger charge is -1.93. The van der Waals surface area contributed by atoms with Crippen molar-refractivity contribution in [2.75, 3.05) is 0 Å². The lowest BCUT2D eigenvalue weighted by molar-refractivity contribution is 0.728. The van der Waals surface area contributed by atoms with E-state index in [1.54, 1.807) is 17.8 Å². The zero-order valence-electron chi connectivity index (χ0n) is 5.02. The lowest BCUT2D eigenvalue weighted by atomic mass is 10.5. The van der Waals surface area contributed by atoms with Gasteiger partial charge in [-0.05, 0) is 0 Å². The minimum absolute atomic E-state index is 0.0491. The molecule has 1 N–H and O–H groups in total. The highest BCUT2D eigenvalue weighted by molar-refractivity contribution is 9.08. The lowest BCUT2D eigenvalue weighted by Crippen LogP contribution is -2.01. The van der Waals surface area contributed by atoms with E-state index in [0.29, 0.717) is 5.33 Å². The van der Waals surface area contributed by atoms with E-state index in [1.165, 1.54) is 0 Å². The van der Waals surface area contributed by atoms with Crippen molar-refractivity contribution < 1.29 is 0 Å². The minimum Gasteiger partial charge on any atom is -0.291 e. The summed E-state index contributed by atoms with van der Waals surface area (Å²) in [6.07, 6.45) is 0. The van der Waals surface area contributed by atoms with Gasteiger partial charge in [-0.3, -0.25) is 14.6 Å². The summed E-state index contributed by atoms with van der Waals surface area (Å²) < 4.78 is 1.69. The number of halogens is 1. The molecule has 3 nitrogen and oxygen atoms in total. The molecule has 0 saturated carbocycles. The van der Waals surface area contributed by atoms with Gasteiger partial charge in [-0.15, -0.1) is 0 Å². The van der Waals surface area contributed by atoms with Crippen LogP contribution in [0.4, 0.5) is 0 Å². The van der Waals surface area contributed by atoms with Gasteiger partial charge in [0.05, 0.1) is 5.69 Å². The number of hydrogen-bond donors (Lipinski definition) is 1. The molecule has 0 aliphatic heterocycles. The summed E-state index contributed by atoms with van der Waals surface area (Å²) in [6, 6.07) is 1.56. The van der Waals surface area contributed by atoms with Crippen LogP contribution < -0.4 is 5.56 Å². The second-order valence-corrected chi connectivity index (χ2v) is 2.37. The first-order valence-corrected chi connectivity index (χ1v) is 3.67. The Morgan fingerprint density at radius 2 is 2.56 bits per heavy atom. The van der Waals surface area contributed by atoms with E-state index < -0.39 is 0 Å². The molecule has 1 rings (SSSR count). The van der Waals surface area contributed by atoms with Crippen molar-refractivity contribution in [1.29, 1.82) is 0 Å². The maximum absolute atomic E-state index is 10.6. The minimum atomic E-state index is -0.0491. The number of aryl methyl sites for hydroxylation is 1. The predicted octanol–water partition coefficient (Wildman–Crippen LogP) is 0.608. The quantitative estimate of drug-likeness (QED) is 0.648. The van der Waals surface area contributed by atoms with Crippen LogP contribution in [-0.4, -0.2) is 9.78 Å². The van der Waals surface area contributed by atoms with Gasteiger partial charge < -0.3 is 0 Å². The fourth-order valence-corrected chi connectivity index (χ4v) is 1.18. The molecule has 0 aliphatic carbocycles. The van der Waals surface area contributed by atoms with Gasteiger partial charge in [0.15, 0.2) is 0 Å². The van der Waals surface area contributed by atoms with Crippen LogP contribution >= 0.6 is 15.9 Å². The van der Waals surface area contributed by atoms with Crippen LogP contribution in [0.3, 0.4) is 0 Å². The predicted molar refractivity (Wildman–Crippen MR) is 38.7 cm³/mol. The van der Waals surface area contributed by atoms with Crippen molar-refractivity contribution >= 4 is 15.9 Å². The van der Waals surface area contributed by atoms with Gasteiger partial charge in [0.25, 0.3) is 5.56 Å². The maximum Gasteiger partial charge on any atom is 0.264 e. The molecule has 0 atom stereocenters. The molecule has 9 heavy (non-hydrogen) atoms. The maximum atomic E-state index is 10.6. The molecule has 0 aliphatic rings. The highest BCUT2D eigenvalue weighted by Crippen LogP contribution is 1.98. The molecule has 50 valence electrons. The Labute approximate surface area is 60.8 Å². The van der Waals surface area contributed by atoms with Crippen LogP contribution in [0.5, 0.6) is 0 Å². The third-order valence-electron chi connectivity index (χ3n) is 1.14. The highest BCUT2D eigenvalue weighted by Gasteiger charge is 1.95. The van der Waals surface area contributed by atoms with Gasteiger partial charge in [-0.2, -0.15) is 0 Å². The van der Waals surface area contributed by atoms with Gasteiger partial charge >= 0.3 is 0 Å². The zero-order chi connectivity index (χ0) is 6.85. The second kappa shape index (κ2) is 2.39. The number of hydrogen-bond acceptors (Lipinski definition) is 1. The summed E-state index contributed by atoms with van der Waals surface area (Å²) in [7, 11) is 1.80. The van der Waals surface area contributed by atoms with E-state index in [9.17, 15) is 4.79 Å². The van der Waals surface area contributed by atoms with Gasteiger partial charge in [0, 0.05) is 18.4 Å². The fourth-order valence-electron chi connectivity index (χ4n) is 0.646. The highest BCUT2D eigenvalue weighted by atomic mass is 79.9. The van der Waals surface area contributed by atoms with Gasteiger partial charge in [-0.25, -0.2) is 0 Å². The van der Waals surface area contributed by atoms with Crippen molar-refractivity contribution in [2.24, 2.45) is 7.05 Å². The first-order chi connectivity index (χ1) is 4.24. The first-order valence-electron chi connectivity index (χ1n) is 2.55. The Morgan fingerprint density at radius 1 is 1.89 bits per heavy atom. The summed E-state index contributed by atoms with van der Waals surface area (Å²) in [5.41, 5.74) is 0.909. The molecule has 0 aromatic carbocycles. The number of alkyl halides is 1. The monoisotopic (exact) mass is 190 g/mol. The van der Waals surface area contributed by atoms with Gasteiger partial charge in [-0.1, -0.05) is 15.9 Å². The molecule has 1 aromatic rings. The Balaban J connectivity index is 3.16. The molecule has 1 heterocycles. The normalized spacial score (nSPS) is 10.0. The number of nitrogens with one attached hydrogen (secondary N) is 1. The van der Waals surface area contributed by atoms with Crippen molar-refractivity contribution in [3.63, 3.8) is 0 Å². The molecule has 4 heteroatoms. The molecule has 1 aromatic heterocycles. The van der Waals surface area contributed by atoms with Crippen LogP contribution in [0.15, 0.2) is 10.9 Å². The average molecular weight is 191 g/mol. The van der Waals surface area contributed by atoms with Crippen molar-refractivity contribution in [2.45, 2.75) is 5.33 Å². The summed E-state index contributed by atoms with van der Waals surface area (Å²) >= 11 is 3.24. The smallest absolute Gasteiger partial charge is 0.264 e. The Hall–Kier alpha value is -0.510. The number of aromatic nitrogens is 2. The third-order valence-corrected chi connectivity index (χ3v) is 1.72. The number of aromatic amines is 1. The van der Waals surface area contributed by atoms with E-state index in [4.69, 9.17) is 0 Å². The largest absolute Gasteiger partial charge is 0.291 e. The molecule has 0 fully saturated rings. The Morgan fingerprint density at radius 3 is 2.78 bits per heavy atom. The van der Waals surface area contributed by atoms with Crippen molar-refractivity contribution in [3.05, 3.63) is 22.1 Å². The van der Waals surface area contributed by atoms with Crippen molar-refractivity contribution in [3.8, 4) is 0 Å². The standard InChI is InChI=1S/C5H7BrN2O/c1-8-4(3-6)2-5(9)7-8/h2H,3H2,1H3,(H,7,9). The van der Waals surface area contributed by atoms with Crippen LogP contribution in [-0.2, 0) is 12.4 Å². The molecular weight excluding hydrogens is 184 g/mol. The Bertz CT molecular complexity index is 250. The number of H-pyrrole nitrogens is 1. The molecule has 0 saturated heterocycles. The van der Waals surface area contributed by atoms with E-state index in [1.807, 2.05) is 0 Å². The van der Waals surface area contributed by atoms with Crippen molar-refractivity contribution in [1.82, 2.24) is 9.78 Å². The fraction of sp³-hybridized carbons (Fsp3) is 0.400. The van der Waals surface area contributed by atoms with E-state index in [2.05, 4.69) is 21.0 Å². The number of rotatable bonds is 1. The Kier molecular flexibility index (Phi) is 1.75. The molecule has 0 bridgehead atoms. The third kappa shape index (κ3) is 1.24. The van der Waals surface area contributed by atoms with Gasteiger partial charge in [0.1, 0.15) is 0 Å². The number of nitrogens with zero attached hydrogens (tertiary/aromatic N) is 1. The van der Waals surface area contributed by atoms with Crippen LogP contribution in [0, 0.1) is 0 Å². The SMILES string of the molecule is Cn1[nH]c(=O)cc1CBr. The molecule has 0 unspecified atom stereocenters. The topological polar surface area (TPSA) is 37.8 Å². The molecule has 0 spiro atoms. The van der Waals surface area contributed by atoms with Crippen LogP contribution in [0.25, 0.3) is 0 Å². The zero-order valence-corrected chi connectivity index (χ0v) is 6.60. The molecule has 0 amide bonds. The van der Waals surface area contributed by atoms with E-state index in [0.717, 1.165) is 5.69 Å². The van der Waals surface area contributed by atoms with E-state index >= 15 is 0 Å². The van der Waals surface area contributed by atoms with Crippen LogP contribution in [0.1, 0.15) is 5.69 Å². The summed E-state index contributed by atoms with van der Waals surface area (Å²) in [5, 5.41) is 3.30. The first kappa shape index (κ1) is 6.61. The van der Waals surface area contributed by atoms with E-state index in [-0.39, 0.29) is 5.56 Å². The summed E-state index contributed by atoms with van der Waals surface area (Å²) in [6.45, 7) is 0. The molecule has 0 radical (unpaired) electrons. The second-order valence-electron chi connectivity index (χ2n) is 1.80. The summed E-state index contributed by atoms with van der Waals surface area (Å²) in [5.74, 6) is 0. The average Bonchev–Trinajstić information content (AvgIpc) is 2.10. The van der Waals surface area contributed by atoms with Crippen LogP contribution in [0.2, 0.25) is 0 Å². The van der Waals surface area contributed by atoms with Gasteiger partial charge in [0.2, 0.25) is 0 Å². The summed E-state index contributed by atoms with van der Waals surface area (Å²) in [4.78, 5) is 10.6. The molecular formula is C5H7BrN2O.